The van der Waals surface area contributed by atoms with Crippen molar-refractivity contribution in [1.82, 2.24) is 4.57 Å². The van der Waals surface area contributed by atoms with Crippen molar-refractivity contribution >= 4 is 54.1 Å². The van der Waals surface area contributed by atoms with Crippen molar-refractivity contribution in [2.45, 2.75) is 19.3 Å². The summed E-state index contributed by atoms with van der Waals surface area (Å²) in [6, 6.07) is 36.2. The van der Waals surface area contributed by atoms with E-state index in [2.05, 4.69) is 73.0 Å². The molecule has 10 aromatic rings. The van der Waals surface area contributed by atoms with E-state index in [1.54, 1.807) is 12.1 Å². The topological polar surface area (TPSA) is 4.93 Å². The largest absolute Gasteiger partial charge is 0.309 e. The van der Waals surface area contributed by atoms with Gasteiger partial charge in [-0.25, -0.2) is 0 Å². The summed E-state index contributed by atoms with van der Waals surface area (Å²) in [4.78, 5) is 0. The summed E-state index contributed by atoms with van der Waals surface area (Å²) in [7, 11) is 0. The van der Waals surface area contributed by atoms with Crippen LogP contribution in [-0.2, 0) is 5.41 Å². The van der Waals surface area contributed by atoms with E-state index in [-0.39, 0.29) is 80.9 Å². The van der Waals surface area contributed by atoms with Crippen molar-refractivity contribution in [2.24, 2.45) is 0 Å². The number of benzene rings is 9. The first-order valence-electron chi connectivity index (χ1n) is 21.0. The number of hydrogen-bond acceptors (Lipinski definition) is 0. The fraction of sp³-hybridized carbons (Fsp3) is 0.0612. The molecule has 1 heteroatoms. The molecule has 0 atom stereocenters. The van der Waals surface area contributed by atoms with Crippen molar-refractivity contribution in [2.75, 3.05) is 0 Å². The van der Waals surface area contributed by atoms with Crippen molar-refractivity contribution in [3.63, 3.8) is 0 Å². The fourth-order valence-electron chi connectivity index (χ4n) is 8.61. The maximum atomic E-state index is 9.53. The third kappa shape index (κ3) is 3.62. The first-order valence-corrected chi connectivity index (χ1v) is 17.0. The van der Waals surface area contributed by atoms with E-state index in [9.17, 15) is 9.60 Å². The highest BCUT2D eigenvalue weighted by molar-refractivity contribution is 6.27. The van der Waals surface area contributed by atoms with E-state index in [1.165, 1.54) is 22.3 Å². The van der Waals surface area contributed by atoms with Crippen LogP contribution in [0, 0.1) is 0 Å². The summed E-state index contributed by atoms with van der Waals surface area (Å²) >= 11 is 0. The quantitative estimate of drug-likeness (QED) is 0.169. The average Bonchev–Trinajstić information content (AvgIpc) is 3.69. The van der Waals surface area contributed by atoms with E-state index in [1.807, 2.05) is 48.5 Å². The Morgan fingerprint density at radius 2 is 1.12 bits per heavy atom. The van der Waals surface area contributed by atoms with Gasteiger partial charge in [-0.15, -0.1) is 0 Å². The highest BCUT2D eigenvalue weighted by atomic mass is 15.0. The first kappa shape index (κ1) is 21.0. The summed E-state index contributed by atoms with van der Waals surface area (Å²) in [6.45, 7) is 4.54. The third-order valence-corrected chi connectivity index (χ3v) is 10.8. The van der Waals surface area contributed by atoms with Crippen LogP contribution in [0.4, 0.5) is 0 Å². The van der Waals surface area contributed by atoms with Gasteiger partial charge in [-0.3, -0.25) is 0 Å². The minimum atomic E-state index is -0.306. The van der Waals surface area contributed by atoms with Crippen LogP contribution in [-0.4, -0.2) is 4.57 Å². The standard InChI is InChI=1S/C49H33N/c1-49(2)43-17-8-6-15-37(43)41-27-28-42-38-16-7-9-18-44(38)50(48(42)47(41)49)34-14-10-13-33(29-34)36-24-20-32-21-25-39-35(30-11-4-3-5-12-30)23-19-31-22-26-40(36)46(32)45(31)39/h3-29H,1-2H3/i19D,20D,21D,22D,23D,24D,25D,26D. The molecule has 0 saturated heterocycles. The first-order chi connectivity index (χ1) is 27.9. The Balaban J connectivity index is 1.27. The zero-order chi connectivity index (χ0) is 40.1. The maximum absolute atomic E-state index is 9.53. The number of rotatable bonds is 3. The lowest BCUT2D eigenvalue weighted by atomic mass is 9.81. The van der Waals surface area contributed by atoms with E-state index >= 15 is 0 Å². The molecule has 50 heavy (non-hydrogen) atoms. The van der Waals surface area contributed by atoms with Crippen molar-refractivity contribution in [3.05, 3.63) is 175 Å². The molecule has 1 aliphatic carbocycles. The molecule has 1 aliphatic rings. The normalized spacial score (nSPS) is 15.8. The molecule has 0 radical (unpaired) electrons. The molecule has 1 aromatic heterocycles. The highest BCUT2D eigenvalue weighted by Crippen LogP contribution is 2.53. The zero-order valence-corrected chi connectivity index (χ0v) is 27.4. The molecular weight excluding hydrogens is 603 g/mol. The SMILES string of the molecule is [2H]c1c([2H])c2c([2H])c([2H])c3c(-c4cccc(-n5c6ccccc6c6ccc7c(c65)C(C)(C)c5ccccc5-7)c4)c([2H])c([2H])c4c([2H])c([2H])c(c1-c1ccccc1)c2c43. The number of fused-ring (bicyclic) bond motifs is 7. The Hall–Kier alpha value is -6.18. The van der Waals surface area contributed by atoms with E-state index in [0.717, 1.165) is 27.5 Å². The summed E-state index contributed by atoms with van der Waals surface area (Å²) in [5.74, 6) is 0. The molecule has 11 rings (SSSR count). The van der Waals surface area contributed by atoms with Gasteiger partial charge in [0.25, 0.3) is 0 Å². The van der Waals surface area contributed by atoms with Gasteiger partial charge in [-0.2, -0.15) is 0 Å². The summed E-state index contributed by atoms with van der Waals surface area (Å²) in [5, 5.41) is 3.35. The second-order valence-electron chi connectivity index (χ2n) is 13.8. The molecule has 0 bridgehead atoms. The van der Waals surface area contributed by atoms with Gasteiger partial charge >= 0.3 is 0 Å². The van der Waals surface area contributed by atoms with Crippen molar-refractivity contribution in [3.8, 4) is 39.1 Å². The smallest absolute Gasteiger partial charge is 0.0630 e. The van der Waals surface area contributed by atoms with Crippen LogP contribution in [0.15, 0.2) is 164 Å². The van der Waals surface area contributed by atoms with Gasteiger partial charge < -0.3 is 4.57 Å². The van der Waals surface area contributed by atoms with Gasteiger partial charge in [0.2, 0.25) is 0 Å². The second-order valence-corrected chi connectivity index (χ2v) is 13.8. The molecule has 0 N–H and O–H groups in total. The molecule has 1 nitrogen and oxygen atoms in total. The number of aromatic nitrogens is 1. The lowest BCUT2D eigenvalue weighted by Crippen LogP contribution is -2.16. The van der Waals surface area contributed by atoms with Gasteiger partial charge in [-0.1, -0.05) is 159 Å². The summed E-state index contributed by atoms with van der Waals surface area (Å²) < 4.78 is 76.9. The molecule has 234 valence electrons. The van der Waals surface area contributed by atoms with E-state index in [0.29, 0.717) is 27.5 Å². The number of nitrogens with zero attached hydrogens (tertiary/aromatic N) is 1. The molecule has 1 heterocycles. The Labute approximate surface area is 302 Å². The van der Waals surface area contributed by atoms with Gasteiger partial charge in [0.15, 0.2) is 0 Å². The molecule has 0 unspecified atom stereocenters. The monoisotopic (exact) mass is 643 g/mol. The predicted octanol–water partition coefficient (Wildman–Crippen LogP) is 13.3. The lowest BCUT2D eigenvalue weighted by molar-refractivity contribution is 0.664. The Morgan fingerprint density at radius 3 is 1.90 bits per heavy atom. The maximum Gasteiger partial charge on any atom is 0.0630 e. The van der Waals surface area contributed by atoms with Gasteiger partial charge in [0, 0.05) is 21.9 Å². The van der Waals surface area contributed by atoms with Crippen LogP contribution in [0.1, 0.15) is 35.9 Å². The zero-order valence-electron chi connectivity index (χ0n) is 35.4. The average molecular weight is 644 g/mol. The molecular formula is C49H33N. The van der Waals surface area contributed by atoms with Crippen molar-refractivity contribution < 1.29 is 11.0 Å². The molecule has 0 fully saturated rings. The minimum absolute atomic E-state index is 0.0341. The molecule has 9 aromatic carbocycles. The lowest BCUT2D eigenvalue weighted by Gasteiger charge is -2.24. The minimum Gasteiger partial charge on any atom is -0.309 e. The van der Waals surface area contributed by atoms with Gasteiger partial charge in [-0.05, 0) is 95.0 Å². The fourth-order valence-corrected chi connectivity index (χ4v) is 8.61. The molecule has 0 amide bonds. The van der Waals surface area contributed by atoms with E-state index in [4.69, 9.17) is 1.37 Å². The van der Waals surface area contributed by atoms with Crippen molar-refractivity contribution in [1.29, 1.82) is 0 Å². The summed E-state index contributed by atoms with van der Waals surface area (Å²) in [5.41, 5.74) is 9.24. The highest BCUT2D eigenvalue weighted by Gasteiger charge is 2.38. The Kier molecular flexibility index (Phi) is 4.18. The van der Waals surface area contributed by atoms with Gasteiger partial charge in [0.05, 0.1) is 22.0 Å². The number of hydrogen-bond donors (Lipinski definition) is 0. The van der Waals surface area contributed by atoms with Crippen LogP contribution in [0.5, 0.6) is 0 Å². The number of para-hydroxylation sites is 1. The van der Waals surface area contributed by atoms with Crippen LogP contribution >= 0.6 is 0 Å². The summed E-state index contributed by atoms with van der Waals surface area (Å²) in [6.07, 6.45) is 0. The van der Waals surface area contributed by atoms with E-state index < -0.39 is 0 Å². The Morgan fingerprint density at radius 1 is 0.480 bits per heavy atom. The van der Waals surface area contributed by atoms with Crippen LogP contribution in [0.3, 0.4) is 0 Å². The molecule has 0 spiro atoms. The third-order valence-electron chi connectivity index (χ3n) is 10.8. The van der Waals surface area contributed by atoms with Crippen LogP contribution in [0.25, 0.3) is 93.2 Å². The van der Waals surface area contributed by atoms with Crippen LogP contribution in [0.2, 0.25) is 0 Å². The molecule has 0 saturated carbocycles. The van der Waals surface area contributed by atoms with Gasteiger partial charge in [0.1, 0.15) is 0 Å². The predicted molar refractivity (Wildman–Crippen MR) is 213 cm³/mol. The molecule has 0 aliphatic heterocycles. The second kappa shape index (κ2) is 9.94. The Bertz CT molecular complexity index is 3460. The van der Waals surface area contributed by atoms with Crippen LogP contribution < -0.4 is 0 Å².